The maximum absolute atomic E-state index is 13.6. The van der Waals surface area contributed by atoms with Gasteiger partial charge in [-0.2, -0.15) is 8.78 Å². The van der Waals surface area contributed by atoms with Crippen LogP contribution >= 0.6 is 0 Å². The summed E-state index contributed by atoms with van der Waals surface area (Å²) in [7, 11) is -2.07. The summed E-state index contributed by atoms with van der Waals surface area (Å²) >= 11 is 0. The SMILES string of the molecule is CC(C)(O[Si](C)(C)C(C)(C)C)c1ncc(-c2ccc3nc4n(c3c2)[C@@H]2C[C@H]4n3c(O)nnc3-c3cccc(OC(F)F)c32)cn1. The molecule has 0 fully saturated rings. The minimum atomic E-state index is -3.01. The molecule has 0 amide bonds. The first-order valence-electron chi connectivity index (χ1n) is 14.9. The predicted molar refractivity (Wildman–Crippen MR) is 167 cm³/mol. The number of hydrogen-bond acceptors (Lipinski definition) is 8. The Bertz CT molecular complexity index is 1950. The van der Waals surface area contributed by atoms with Gasteiger partial charge in [-0.05, 0) is 55.7 Å². The van der Waals surface area contributed by atoms with Crippen molar-refractivity contribution in [3.8, 4) is 34.3 Å². The number of ether oxygens (including phenoxy) is 1. The molecule has 2 bridgehead atoms. The number of benzene rings is 2. The van der Waals surface area contributed by atoms with Crippen LogP contribution in [0.1, 0.15) is 70.3 Å². The Morgan fingerprint density at radius 2 is 1.69 bits per heavy atom. The van der Waals surface area contributed by atoms with Gasteiger partial charge in [-0.1, -0.05) is 44.1 Å². The number of halogens is 2. The number of fused-ring (bicyclic) bond motifs is 6. The topological polar surface area (TPSA) is 113 Å². The van der Waals surface area contributed by atoms with Crippen molar-refractivity contribution in [3.63, 3.8) is 0 Å². The quantitative estimate of drug-likeness (QED) is 0.196. The van der Waals surface area contributed by atoms with Crippen LogP contribution in [0.4, 0.5) is 8.78 Å². The zero-order valence-electron chi connectivity index (χ0n) is 26.2. The normalized spacial score (nSPS) is 17.7. The molecule has 1 N–H and O–H groups in total. The average Bonchev–Trinajstić information content (AvgIpc) is 3.60. The Balaban J connectivity index is 1.31. The lowest BCUT2D eigenvalue weighted by molar-refractivity contribution is -0.0506. The first-order chi connectivity index (χ1) is 21.2. The largest absolute Gasteiger partial charge is 0.479 e. The third-order valence-electron chi connectivity index (χ3n) is 9.46. The summed E-state index contributed by atoms with van der Waals surface area (Å²) < 4.78 is 42.5. The molecule has 2 atom stereocenters. The number of rotatable bonds is 6. The molecule has 0 radical (unpaired) electrons. The molecule has 3 aromatic heterocycles. The molecule has 7 rings (SSSR count). The number of alkyl halides is 2. The van der Waals surface area contributed by atoms with E-state index in [0.29, 0.717) is 35.0 Å². The lowest BCUT2D eigenvalue weighted by Gasteiger charge is -2.42. The summed E-state index contributed by atoms with van der Waals surface area (Å²) in [4.78, 5) is 14.4. The van der Waals surface area contributed by atoms with Crippen LogP contribution in [0.15, 0.2) is 48.8 Å². The van der Waals surface area contributed by atoms with Crippen molar-refractivity contribution in [1.29, 1.82) is 0 Å². The van der Waals surface area contributed by atoms with Gasteiger partial charge in [-0.3, -0.25) is 4.57 Å². The van der Waals surface area contributed by atoms with Crippen molar-refractivity contribution in [2.75, 3.05) is 0 Å². The molecule has 2 aromatic carbocycles. The van der Waals surface area contributed by atoms with Crippen LogP contribution in [0.2, 0.25) is 18.1 Å². The highest BCUT2D eigenvalue weighted by Crippen LogP contribution is 2.53. The van der Waals surface area contributed by atoms with Crippen LogP contribution in [-0.4, -0.2) is 54.3 Å². The van der Waals surface area contributed by atoms with E-state index < -0.39 is 32.6 Å². The molecule has 13 heteroatoms. The molecule has 0 saturated heterocycles. The Hall–Kier alpha value is -4.23. The monoisotopic (exact) mass is 631 g/mol. The first-order valence-corrected chi connectivity index (χ1v) is 17.8. The maximum atomic E-state index is 13.6. The molecule has 0 saturated carbocycles. The third-order valence-corrected chi connectivity index (χ3v) is 14.1. The van der Waals surface area contributed by atoms with Gasteiger partial charge in [0.2, 0.25) is 0 Å². The number of nitrogens with zero attached hydrogens (tertiary/aromatic N) is 7. The van der Waals surface area contributed by atoms with Crippen molar-refractivity contribution in [3.05, 3.63) is 66.0 Å². The summed E-state index contributed by atoms with van der Waals surface area (Å²) in [6.45, 7) is 12.1. The molecule has 234 valence electrons. The van der Waals surface area contributed by atoms with Gasteiger partial charge in [-0.25, -0.2) is 15.0 Å². The molecular weight excluding hydrogens is 596 g/mol. The standard InChI is InChI=1S/C32H35F2N7O3Si/c1-31(2,3)45(6,7)44-32(4,5)28-35-15-18(16-36-28)17-11-12-20-21(13-17)40-22-14-23(27(40)37-20)41-26(38-39-30(41)42)19-9-8-10-24(25(19)22)43-29(33)34/h8-13,15-16,22-23,29H,14H2,1-7H3,(H,39,42)/t22-,23-/m1/s1. The van der Waals surface area contributed by atoms with Crippen molar-refractivity contribution in [2.45, 2.75) is 83.5 Å². The van der Waals surface area contributed by atoms with Crippen molar-refractivity contribution < 1.29 is 23.1 Å². The van der Waals surface area contributed by atoms with Crippen LogP contribution < -0.4 is 4.74 Å². The molecule has 2 aliphatic heterocycles. The molecular formula is C32H35F2N7O3Si. The smallest absolute Gasteiger partial charge is 0.387 e. The van der Waals surface area contributed by atoms with Gasteiger partial charge in [0, 0.05) is 35.5 Å². The predicted octanol–water partition coefficient (Wildman–Crippen LogP) is 7.21. The summed E-state index contributed by atoms with van der Waals surface area (Å²) in [5, 5.41) is 18.9. The number of aromatic nitrogens is 7. The van der Waals surface area contributed by atoms with Crippen LogP contribution in [0, 0.1) is 0 Å². The average molecular weight is 632 g/mol. The maximum Gasteiger partial charge on any atom is 0.387 e. The fourth-order valence-corrected chi connectivity index (χ4v) is 8.08. The van der Waals surface area contributed by atoms with E-state index in [9.17, 15) is 13.9 Å². The molecule has 5 aromatic rings. The van der Waals surface area contributed by atoms with Crippen LogP contribution in [0.3, 0.4) is 0 Å². The highest BCUT2D eigenvalue weighted by molar-refractivity contribution is 6.74. The first kappa shape index (κ1) is 29.5. The summed E-state index contributed by atoms with van der Waals surface area (Å²) in [5.41, 5.74) is 3.70. The lowest BCUT2D eigenvalue weighted by Crippen LogP contribution is -2.46. The Kier molecular flexibility index (Phi) is 6.47. The third kappa shape index (κ3) is 4.62. The van der Waals surface area contributed by atoms with E-state index >= 15 is 0 Å². The van der Waals surface area contributed by atoms with E-state index in [-0.39, 0.29) is 16.8 Å². The van der Waals surface area contributed by atoms with Gasteiger partial charge in [-0.15, -0.1) is 5.10 Å². The number of hydrogen-bond donors (Lipinski definition) is 1. The minimum absolute atomic E-state index is 0.0456. The van der Waals surface area contributed by atoms with E-state index in [4.69, 9.17) is 24.1 Å². The van der Waals surface area contributed by atoms with Gasteiger partial charge < -0.3 is 18.8 Å². The van der Waals surface area contributed by atoms with Gasteiger partial charge in [0.05, 0.1) is 17.1 Å². The fraction of sp³-hybridized carbons (Fsp3) is 0.406. The Morgan fingerprint density at radius 3 is 2.38 bits per heavy atom. The van der Waals surface area contributed by atoms with Gasteiger partial charge >= 0.3 is 12.6 Å². The summed E-state index contributed by atoms with van der Waals surface area (Å²) in [6, 6.07) is 9.79. The molecule has 2 aliphatic rings. The number of aromatic hydroxyl groups is 1. The van der Waals surface area contributed by atoms with E-state index in [1.54, 1.807) is 29.1 Å². The van der Waals surface area contributed by atoms with Crippen molar-refractivity contribution >= 4 is 19.4 Å². The van der Waals surface area contributed by atoms with Crippen molar-refractivity contribution in [2.24, 2.45) is 0 Å². The second kappa shape index (κ2) is 9.88. The second-order valence-corrected chi connectivity index (χ2v) is 18.5. The van der Waals surface area contributed by atoms with Crippen molar-refractivity contribution in [1.82, 2.24) is 34.3 Å². The Labute approximate surface area is 260 Å². The molecule has 45 heavy (non-hydrogen) atoms. The lowest BCUT2D eigenvalue weighted by atomic mass is 9.97. The number of imidazole rings is 1. The highest BCUT2D eigenvalue weighted by atomic mass is 28.4. The van der Waals surface area contributed by atoms with Gasteiger partial charge in [0.25, 0.3) is 0 Å². The zero-order valence-corrected chi connectivity index (χ0v) is 27.2. The van der Waals surface area contributed by atoms with Crippen LogP contribution in [0.25, 0.3) is 33.5 Å². The molecule has 0 aliphatic carbocycles. The summed E-state index contributed by atoms with van der Waals surface area (Å²) in [6.07, 6.45) is 4.06. The zero-order chi connectivity index (χ0) is 32.1. The van der Waals surface area contributed by atoms with Gasteiger partial charge in [0.1, 0.15) is 23.2 Å². The van der Waals surface area contributed by atoms with E-state index in [1.165, 1.54) is 6.07 Å². The molecule has 0 unspecified atom stereocenters. The second-order valence-electron chi connectivity index (χ2n) is 13.8. The van der Waals surface area contributed by atoms with Crippen LogP contribution in [-0.2, 0) is 10.0 Å². The van der Waals surface area contributed by atoms with E-state index in [2.05, 4.69) is 48.6 Å². The summed E-state index contributed by atoms with van der Waals surface area (Å²) in [5.74, 6) is 1.73. The van der Waals surface area contributed by atoms with E-state index in [1.807, 2.05) is 32.0 Å². The molecule has 0 spiro atoms. The fourth-order valence-electron chi connectivity index (χ4n) is 6.40. The highest BCUT2D eigenvalue weighted by Gasteiger charge is 2.45. The molecule has 10 nitrogen and oxygen atoms in total. The van der Waals surface area contributed by atoms with Gasteiger partial charge in [0.15, 0.2) is 20.0 Å². The molecule has 5 heterocycles. The van der Waals surface area contributed by atoms with E-state index in [0.717, 1.165) is 22.2 Å². The minimum Gasteiger partial charge on any atom is -0.479 e. The van der Waals surface area contributed by atoms with Crippen LogP contribution in [0.5, 0.6) is 11.8 Å². The Morgan fingerprint density at radius 1 is 0.956 bits per heavy atom.